The number of hydrogen-bond acceptors (Lipinski definition) is 5. The number of likely N-dealkylation sites (tertiary alicyclic amines) is 1. The van der Waals surface area contributed by atoms with Gasteiger partial charge in [0.1, 0.15) is 0 Å². The predicted molar refractivity (Wildman–Crippen MR) is 77.1 cm³/mol. The van der Waals surface area contributed by atoms with Crippen LogP contribution in [-0.4, -0.2) is 47.1 Å². The van der Waals surface area contributed by atoms with Crippen molar-refractivity contribution in [1.29, 1.82) is 0 Å². The van der Waals surface area contributed by atoms with Gasteiger partial charge in [0.25, 0.3) is 0 Å². The largest absolute Gasteiger partial charge is 0.396 e. The Balaban J connectivity index is 1.55. The Labute approximate surface area is 114 Å². The lowest BCUT2D eigenvalue weighted by molar-refractivity contribution is 0.141. The minimum absolute atomic E-state index is 0.631. The molecule has 0 bridgehead atoms. The first-order valence-corrected chi connectivity index (χ1v) is 7.39. The van der Waals surface area contributed by atoms with E-state index in [0.29, 0.717) is 5.69 Å². The quantitative estimate of drug-likeness (QED) is 0.874. The summed E-state index contributed by atoms with van der Waals surface area (Å²) in [6.45, 7) is 4.71. The average molecular weight is 261 g/mol. The molecule has 0 aromatic carbocycles. The summed E-state index contributed by atoms with van der Waals surface area (Å²) in [6.07, 6.45) is 10.0. The van der Waals surface area contributed by atoms with Crippen LogP contribution in [0.25, 0.3) is 0 Å². The molecule has 0 radical (unpaired) electrons. The van der Waals surface area contributed by atoms with Crippen molar-refractivity contribution in [2.24, 2.45) is 0 Å². The third-order valence-electron chi connectivity index (χ3n) is 4.31. The standard InChI is InChI=1S/C14H23N5/c15-12-10-16-14(17-11-12)19-8-4-13(5-9-19)18-6-2-1-3-7-18/h10-11,13H,1-9,15H2. The second-order valence-electron chi connectivity index (χ2n) is 5.63. The molecule has 1 aromatic heterocycles. The van der Waals surface area contributed by atoms with Gasteiger partial charge in [-0.1, -0.05) is 6.42 Å². The number of anilines is 2. The number of nitrogen functional groups attached to an aromatic ring is 1. The van der Waals surface area contributed by atoms with Crippen molar-refractivity contribution in [3.8, 4) is 0 Å². The molecular weight excluding hydrogens is 238 g/mol. The van der Waals surface area contributed by atoms with Crippen molar-refractivity contribution in [1.82, 2.24) is 14.9 Å². The van der Waals surface area contributed by atoms with Gasteiger partial charge in [-0.2, -0.15) is 0 Å². The van der Waals surface area contributed by atoms with Crippen LogP contribution in [0.4, 0.5) is 11.6 Å². The maximum Gasteiger partial charge on any atom is 0.225 e. The fraction of sp³-hybridized carbons (Fsp3) is 0.714. The molecule has 0 spiro atoms. The molecule has 104 valence electrons. The van der Waals surface area contributed by atoms with Gasteiger partial charge in [0.2, 0.25) is 5.95 Å². The summed E-state index contributed by atoms with van der Waals surface area (Å²) in [5.41, 5.74) is 6.26. The summed E-state index contributed by atoms with van der Waals surface area (Å²) in [4.78, 5) is 13.6. The summed E-state index contributed by atoms with van der Waals surface area (Å²) < 4.78 is 0. The third-order valence-corrected chi connectivity index (χ3v) is 4.31. The normalized spacial score (nSPS) is 22.6. The number of nitrogens with two attached hydrogens (primary N) is 1. The monoisotopic (exact) mass is 261 g/mol. The summed E-state index contributed by atoms with van der Waals surface area (Å²) in [5.74, 6) is 0.825. The molecule has 0 atom stereocenters. The Hall–Kier alpha value is -1.36. The lowest BCUT2D eigenvalue weighted by atomic mass is 10.0. The van der Waals surface area contributed by atoms with Crippen LogP contribution in [0.3, 0.4) is 0 Å². The van der Waals surface area contributed by atoms with E-state index in [-0.39, 0.29) is 0 Å². The van der Waals surface area contributed by atoms with E-state index in [9.17, 15) is 0 Å². The second kappa shape index (κ2) is 5.74. The van der Waals surface area contributed by atoms with E-state index < -0.39 is 0 Å². The Kier molecular flexibility index (Phi) is 3.82. The topological polar surface area (TPSA) is 58.3 Å². The lowest BCUT2D eigenvalue weighted by Crippen LogP contribution is -2.47. The molecule has 0 aliphatic carbocycles. The molecule has 2 N–H and O–H groups in total. The van der Waals surface area contributed by atoms with Crippen LogP contribution in [-0.2, 0) is 0 Å². The smallest absolute Gasteiger partial charge is 0.225 e. The summed E-state index contributed by atoms with van der Waals surface area (Å²) in [5, 5.41) is 0. The van der Waals surface area contributed by atoms with Crippen LogP contribution >= 0.6 is 0 Å². The molecule has 0 unspecified atom stereocenters. The molecular formula is C14H23N5. The molecule has 2 saturated heterocycles. The highest BCUT2D eigenvalue weighted by atomic mass is 15.3. The van der Waals surface area contributed by atoms with Crippen LogP contribution in [0.2, 0.25) is 0 Å². The Morgan fingerprint density at radius 1 is 0.947 bits per heavy atom. The van der Waals surface area contributed by atoms with Gasteiger partial charge in [-0.3, -0.25) is 0 Å². The van der Waals surface area contributed by atoms with Crippen LogP contribution in [0.5, 0.6) is 0 Å². The maximum atomic E-state index is 5.63. The fourth-order valence-corrected chi connectivity index (χ4v) is 3.21. The number of hydrogen-bond donors (Lipinski definition) is 1. The van der Waals surface area contributed by atoms with Crippen LogP contribution in [0, 0.1) is 0 Å². The van der Waals surface area contributed by atoms with Crippen molar-refractivity contribution in [2.45, 2.75) is 38.1 Å². The first kappa shape index (κ1) is 12.7. The predicted octanol–water partition coefficient (Wildman–Crippen LogP) is 1.51. The van der Waals surface area contributed by atoms with Crippen LogP contribution in [0.15, 0.2) is 12.4 Å². The van der Waals surface area contributed by atoms with Crippen molar-refractivity contribution in [2.75, 3.05) is 36.8 Å². The minimum Gasteiger partial charge on any atom is -0.396 e. The van der Waals surface area contributed by atoms with Gasteiger partial charge in [-0.25, -0.2) is 9.97 Å². The molecule has 2 fully saturated rings. The molecule has 2 aliphatic rings. The zero-order valence-electron chi connectivity index (χ0n) is 11.5. The molecule has 3 heterocycles. The highest BCUT2D eigenvalue weighted by Crippen LogP contribution is 2.22. The Morgan fingerprint density at radius 2 is 1.58 bits per heavy atom. The number of rotatable bonds is 2. The van der Waals surface area contributed by atoms with Gasteiger partial charge < -0.3 is 15.5 Å². The maximum absolute atomic E-state index is 5.63. The van der Waals surface area contributed by atoms with Crippen molar-refractivity contribution in [3.05, 3.63) is 12.4 Å². The highest BCUT2D eigenvalue weighted by Gasteiger charge is 2.26. The fourth-order valence-electron chi connectivity index (χ4n) is 3.21. The van der Waals surface area contributed by atoms with E-state index >= 15 is 0 Å². The van der Waals surface area contributed by atoms with Crippen LogP contribution in [0.1, 0.15) is 32.1 Å². The van der Waals surface area contributed by atoms with E-state index in [2.05, 4.69) is 19.8 Å². The minimum atomic E-state index is 0.631. The summed E-state index contributed by atoms with van der Waals surface area (Å²) in [6, 6.07) is 0.769. The highest BCUT2D eigenvalue weighted by molar-refractivity contribution is 5.38. The summed E-state index contributed by atoms with van der Waals surface area (Å²) in [7, 11) is 0. The number of piperidine rings is 2. The van der Waals surface area contributed by atoms with Gasteiger partial charge in [-0.05, 0) is 38.8 Å². The zero-order valence-corrected chi connectivity index (χ0v) is 11.5. The van der Waals surface area contributed by atoms with Crippen molar-refractivity contribution >= 4 is 11.6 Å². The van der Waals surface area contributed by atoms with E-state index in [1.54, 1.807) is 12.4 Å². The molecule has 19 heavy (non-hydrogen) atoms. The first-order valence-electron chi connectivity index (χ1n) is 7.39. The molecule has 0 saturated carbocycles. The van der Waals surface area contributed by atoms with E-state index in [1.165, 1.54) is 45.2 Å². The van der Waals surface area contributed by atoms with Gasteiger partial charge >= 0.3 is 0 Å². The summed E-state index contributed by atoms with van der Waals surface area (Å²) >= 11 is 0. The molecule has 5 heteroatoms. The zero-order chi connectivity index (χ0) is 13.1. The molecule has 1 aromatic rings. The van der Waals surface area contributed by atoms with Crippen molar-refractivity contribution in [3.63, 3.8) is 0 Å². The molecule has 0 amide bonds. The van der Waals surface area contributed by atoms with Gasteiger partial charge in [0, 0.05) is 19.1 Å². The SMILES string of the molecule is Nc1cnc(N2CCC(N3CCCCC3)CC2)nc1. The average Bonchev–Trinajstić information content (AvgIpc) is 2.49. The Morgan fingerprint density at radius 3 is 2.21 bits per heavy atom. The number of aromatic nitrogens is 2. The number of nitrogens with zero attached hydrogens (tertiary/aromatic N) is 4. The van der Waals surface area contributed by atoms with Gasteiger partial charge in [-0.15, -0.1) is 0 Å². The van der Waals surface area contributed by atoms with E-state index in [1.807, 2.05) is 0 Å². The molecule has 5 nitrogen and oxygen atoms in total. The molecule has 2 aliphatic heterocycles. The van der Waals surface area contributed by atoms with Crippen molar-refractivity contribution < 1.29 is 0 Å². The first-order chi connectivity index (χ1) is 9.33. The molecule has 3 rings (SSSR count). The third kappa shape index (κ3) is 2.97. The van der Waals surface area contributed by atoms with Gasteiger partial charge in [0.15, 0.2) is 0 Å². The second-order valence-corrected chi connectivity index (χ2v) is 5.63. The van der Waals surface area contributed by atoms with E-state index in [0.717, 1.165) is 25.1 Å². The van der Waals surface area contributed by atoms with E-state index in [4.69, 9.17) is 5.73 Å². The lowest BCUT2D eigenvalue weighted by Gasteiger charge is -2.40. The Bertz CT molecular complexity index is 391. The van der Waals surface area contributed by atoms with Crippen LogP contribution < -0.4 is 10.6 Å². The van der Waals surface area contributed by atoms with Gasteiger partial charge in [0.05, 0.1) is 18.1 Å².